The van der Waals surface area contributed by atoms with Gasteiger partial charge in [0.1, 0.15) is 11.8 Å². The first kappa shape index (κ1) is 16.9. The number of benzene rings is 2. The Bertz CT molecular complexity index is 1000. The zero-order valence-electron chi connectivity index (χ0n) is 14.4. The van der Waals surface area contributed by atoms with Crippen LogP contribution in [0.4, 0.5) is 0 Å². The molecule has 0 saturated heterocycles. The Balaban J connectivity index is 1.85. The quantitative estimate of drug-likeness (QED) is 0.771. The van der Waals surface area contributed by atoms with Crippen molar-refractivity contribution in [1.29, 1.82) is 5.26 Å². The minimum absolute atomic E-state index is 0.0367. The smallest absolute Gasteiger partial charge is 0.169 e. The van der Waals surface area contributed by atoms with Gasteiger partial charge in [0.25, 0.3) is 0 Å². The van der Waals surface area contributed by atoms with Crippen LogP contribution in [-0.4, -0.2) is 10.9 Å². The Kier molecular flexibility index (Phi) is 4.09. The predicted octanol–water partition coefficient (Wildman–Crippen LogP) is 5.46. The number of hydrogen-bond acceptors (Lipinski definition) is 3. The predicted molar refractivity (Wildman–Crippen MR) is 102 cm³/mol. The molecule has 4 heteroatoms. The summed E-state index contributed by atoms with van der Waals surface area (Å²) in [6, 6.07) is 13.3. The fourth-order valence-corrected chi connectivity index (χ4v) is 4.29. The molecule has 0 aliphatic heterocycles. The second-order valence-electron chi connectivity index (χ2n) is 7.17. The second-order valence-corrected chi connectivity index (χ2v) is 7.57. The standard InChI is InChI=1S/C22H18ClNO2/c1-12-2-3-14(13-6-7-19(23)17(8-13)11-24)10-18(12)20-21(25)15-4-5-16(9-15)22(20)26/h2-3,6-8,10,15-16,25H,4-5,9H2,1H3. The minimum atomic E-state index is 0.0367. The third kappa shape index (κ3) is 2.62. The van der Waals surface area contributed by atoms with Gasteiger partial charge in [-0.15, -0.1) is 0 Å². The number of hydrogen-bond donors (Lipinski definition) is 1. The first-order valence-electron chi connectivity index (χ1n) is 8.78. The minimum Gasteiger partial charge on any atom is -0.511 e. The number of aryl methyl sites for hydroxylation is 1. The number of aliphatic hydroxyl groups is 1. The van der Waals surface area contributed by atoms with Gasteiger partial charge in [-0.1, -0.05) is 29.8 Å². The van der Waals surface area contributed by atoms with E-state index in [2.05, 4.69) is 6.07 Å². The molecule has 1 fully saturated rings. The van der Waals surface area contributed by atoms with Crippen LogP contribution in [0.1, 0.15) is 36.0 Å². The lowest BCUT2D eigenvalue weighted by Gasteiger charge is -2.23. The van der Waals surface area contributed by atoms with Crippen molar-refractivity contribution >= 4 is 23.0 Å². The third-order valence-electron chi connectivity index (χ3n) is 5.62. The molecule has 0 heterocycles. The Hall–Kier alpha value is -2.57. The topological polar surface area (TPSA) is 61.1 Å². The molecule has 3 nitrogen and oxygen atoms in total. The lowest BCUT2D eigenvalue weighted by Crippen LogP contribution is -2.21. The van der Waals surface area contributed by atoms with Crippen LogP contribution in [0.2, 0.25) is 5.02 Å². The number of fused-ring (bicyclic) bond motifs is 2. The number of Topliss-reactive ketones (excluding diaryl/α,β-unsaturated/α-hetero) is 1. The number of carbonyl (C=O) groups excluding carboxylic acids is 1. The average Bonchev–Trinajstić information content (AvgIpc) is 3.09. The van der Waals surface area contributed by atoms with E-state index in [0.717, 1.165) is 41.5 Å². The maximum atomic E-state index is 12.9. The SMILES string of the molecule is Cc1ccc(-c2ccc(Cl)c(C#N)c2)cc1C1=C(O)C2CCC(C2)C1=O. The molecule has 4 rings (SSSR count). The summed E-state index contributed by atoms with van der Waals surface area (Å²) in [5.74, 6) is 0.453. The lowest BCUT2D eigenvalue weighted by atomic mass is 9.81. The maximum absolute atomic E-state index is 12.9. The van der Waals surface area contributed by atoms with Crippen molar-refractivity contribution < 1.29 is 9.90 Å². The fourth-order valence-electron chi connectivity index (χ4n) is 4.13. The van der Waals surface area contributed by atoms with E-state index in [1.807, 2.05) is 31.2 Å². The van der Waals surface area contributed by atoms with Crippen LogP contribution in [0.15, 0.2) is 42.2 Å². The Morgan fingerprint density at radius 2 is 1.81 bits per heavy atom. The molecule has 130 valence electrons. The molecule has 2 unspecified atom stereocenters. The van der Waals surface area contributed by atoms with Crippen molar-refractivity contribution in [3.05, 3.63) is 63.9 Å². The lowest BCUT2D eigenvalue weighted by molar-refractivity contribution is -0.117. The molecule has 26 heavy (non-hydrogen) atoms. The summed E-state index contributed by atoms with van der Waals surface area (Å²) in [6.07, 6.45) is 2.52. The van der Waals surface area contributed by atoms with Crippen molar-refractivity contribution in [3.8, 4) is 17.2 Å². The Labute approximate surface area is 157 Å². The van der Waals surface area contributed by atoms with Gasteiger partial charge in [-0.05, 0) is 66.6 Å². The second kappa shape index (κ2) is 6.30. The van der Waals surface area contributed by atoms with Crippen LogP contribution in [-0.2, 0) is 4.79 Å². The van der Waals surface area contributed by atoms with Crippen LogP contribution in [0, 0.1) is 30.1 Å². The largest absolute Gasteiger partial charge is 0.511 e. The van der Waals surface area contributed by atoms with Gasteiger partial charge in [0.05, 0.1) is 16.2 Å². The van der Waals surface area contributed by atoms with Gasteiger partial charge in [0, 0.05) is 11.8 Å². The summed E-state index contributed by atoms with van der Waals surface area (Å²) >= 11 is 6.03. The van der Waals surface area contributed by atoms with Gasteiger partial charge in [-0.3, -0.25) is 4.79 Å². The molecular weight excluding hydrogens is 346 g/mol. The third-order valence-corrected chi connectivity index (χ3v) is 5.95. The molecule has 2 bridgehead atoms. The van der Waals surface area contributed by atoms with Crippen LogP contribution in [0.5, 0.6) is 0 Å². The number of halogens is 1. The monoisotopic (exact) mass is 363 g/mol. The van der Waals surface area contributed by atoms with Crippen molar-refractivity contribution in [2.75, 3.05) is 0 Å². The van der Waals surface area contributed by atoms with Crippen LogP contribution < -0.4 is 0 Å². The van der Waals surface area contributed by atoms with Gasteiger partial charge < -0.3 is 5.11 Å². The van der Waals surface area contributed by atoms with Crippen LogP contribution in [0.25, 0.3) is 16.7 Å². The van der Waals surface area contributed by atoms with Crippen molar-refractivity contribution in [2.45, 2.75) is 26.2 Å². The number of ketones is 1. The highest BCUT2D eigenvalue weighted by Crippen LogP contribution is 2.46. The summed E-state index contributed by atoms with van der Waals surface area (Å²) in [6.45, 7) is 1.95. The molecule has 2 atom stereocenters. The molecule has 1 N–H and O–H groups in total. The van der Waals surface area contributed by atoms with Gasteiger partial charge >= 0.3 is 0 Å². The molecule has 2 aliphatic rings. The highest BCUT2D eigenvalue weighted by molar-refractivity contribution is 6.31. The molecule has 1 saturated carbocycles. The Morgan fingerprint density at radius 3 is 2.58 bits per heavy atom. The zero-order valence-corrected chi connectivity index (χ0v) is 15.2. The van der Waals surface area contributed by atoms with Gasteiger partial charge in [0.2, 0.25) is 0 Å². The molecular formula is C22H18ClNO2. The molecule has 2 aliphatic carbocycles. The molecule has 2 aromatic carbocycles. The van der Waals surface area contributed by atoms with E-state index in [4.69, 9.17) is 11.6 Å². The Morgan fingerprint density at radius 1 is 1.12 bits per heavy atom. The fraction of sp³-hybridized carbons (Fsp3) is 0.273. The summed E-state index contributed by atoms with van der Waals surface area (Å²) in [5.41, 5.74) is 4.40. The molecule has 2 aromatic rings. The number of rotatable bonds is 2. The van der Waals surface area contributed by atoms with Crippen molar-refractivity contribution in [1.82, 2.24) is 0 Å². The summed E-state index contributed by atoms with van der Waals surface area (Å²) < 4.78 is 0. The van der Waals surface area contributed by atoms with E-state index in [9.17, 15) is 15.2 Å². The van der Waals surface area contributed by atoms with Gasteiger partial charge in [-0.25, -0.2) is 0 Å². The molecule has 0 amide bonds. The van der Waals surface area contributed by atoms with E-state index >= 15 is 0 Å². The highest BCUT2D eigenvalue weighted by Gasteiger charge is 2.41. The van der Waals surface area contributed by atoms with Gasteiger partial charge in [0.15, 0.2) is 5.78 Å². The van der Waals surface area contributed by atoms with E-state index in [1.165, 1.54) is 0 Å². The number of carbonyl (C=O) groups is 1. The first-order chi connectivity index (χ1) is 12.5. The van der Waals surface area contributed by atoms with E-state index in [-0.39, 0.29) is 23.4 Å². The van der Waals surface area contributed by atoms with E-state index in [1.54, 1.807) is 12.1 Å². The van der Waals surface area contributed by atoms with Gasteiger partial charge in [-0.2, -0.15) is 5.26 Å². The van der Waals surface area contributed by atoms with E-state index in [0.29, 0.717) is 16.2 Å². The normalized spacial score (nSPS) is 21.8. The van der Waals surface area contributed by atoms with Crippen molar-refractivity contribution in [3.63, 3.8) is 0 Å². The number of allylic oxidation sites excluding steroid dienone is 2. The molecule has 0 spiro atoms. The summed E-state index contributed by atoms with van der Waals surface area (Å²) in [4.78, 5) is 12.9. The number of nitrogens with zero attached hydrogens (tertiary/aromatic N) is 1. The first-order valence-corrected chi connectivity index (χ1v) is 9.15. The molecule has 0 radical (unpaired) electrons. The van der Waals surface area contributed by atoms with Crippen molar-refractivity contribution in [2.24, 2.45) is 11.8 Å². The average molecular weight is 364 g/mol. The summed E-state index contributed by atoms with van der Waals surface area (Å²) in [5, 5.41) is 20.3. The number of nitriles is 1. The zero-order chi connectivity index (χ0) is 18.4. The maximum Gasteiger partial charge on any atom is 0.169 e. The van der Waals surface area contributed by atoms with Crippen LogP contribution in [0.3, 0.4) is 0 Å². The molecule has 0 aromatic heterocycles. The highest BCUT2D eigenvalue weighted by atomic mass is 35.5. The van der Waals surface area contributed by atoms with Crippen LogP contribution >= 0.6 is 11.6 Å². The number of aliphatic hydroxyl groups excluding tert-OH is 1. The summed E-state index contributed by atoms with van der Waals surface area (Å²) in [7, 11) is 0. The van der Waals surface area contributed by atoms with E-state index < -0.39 is 0 Å².